The van der Waals surface area contributed by atoms with Crippen molar-refractivity contribution < 1.29 is 24.2 Å². The van der Waals surface area contributed by atoms with Crippen molar-refractivity contribution in [1.29, 1.82) is 0 Å². The molecule has 5 nitrogen and oxygen atoms in total. The van der Waals surface area contributed by atoms with Crippen LogP contribution in [0, 0.1) is 0 Å². The van der Waals surface area contributed by atoms with Gasteiger partial charge in [0.05, 0.1) is 13.2 Å². The molecule has 0 saturated carbocycles. The summed E-state index contributed by atoms with van der Waals surface area (Å²) in [4.78, 5) is 9.52. The third-order valence-electron chi connectivity index (χ3n) is 3.47. The molecule has 0 amide bonds. The van der Waals surface area contributed by atoms with E-state index in [4.69, 9.17) is 14.7 Å². The Labute approximate surface area is 129 Å². The first-order valence-corrected chi connectivity index (χ1v) is 10.0. The molecular formula is C15H33O5P. The maximum Gasteiger partial charge on any atom is 0.328 e. The number of rotatable bonds is 15. The zero-order valence-electron chi connectivity index (χ0n) is 13.4. The summed E-state index contributed by atoms with van der Waals surface area (Å²) < 4.78 is 16.4. The van der Waals surface area contributed by atoms with Crippen LogP contribution in [0.4, 0.5) is 0 Å². The van der Waals surface area contributed by atoms with Crippen LogP contribution in [-0.2, 0) is 9.09 Å². The molecule has 6 heteroatoms. The number of hydrogen-bond acceptors (Lipinski definition) is 4. The molecule has 2 unspecified atom stereocenters. The molecule has 0 aliphatic heterocycles. The highest BCUT2D eigenvalue weighted by Gasteiger charge is 2.20. The van der Waals surface area contributed by atoms with E-state index >= 15 is 0 Å². The van der Waals surface area contributed by atoms with Gasteiger partial charge in [-0.3, -0.25) is 4.57 Å². The van der Waals surface area contributed by atoms with Gasteiger partial charge in [-0.2, -0.15) is 0 Å². The Bertz CT molecular complexity index is 273. The molecule has 0 spiro atoms. The molecule has 0 radical (unpaired) electrons. The molecule has 0 fully saturated rings. The molecule has 2 atom stereocenters. The second kappa shape index (κ2) is 13.7. The van der Waals surface area contributed by atoms with Crippen molar-refractivity contribution in [3.8, 4) is 0 Å². The topological polar surface area (TPSA) is 87.0 Å². The van der Waals surface area contributed by atoms with Crippen LogP contribution in [0.25, 0.3) is 0 Å². The van der Waals surface area contributed by atoms with Crippen molar-refractivity contribution in [2.24, 2.45) is 0 Å². The number of aliphatic hydroxyl groups is 2. The van der Waals surface area contributed by atoms with Gasteiger partial charge in [0.15, 0.2) is 0 Å². The molecule has 0 aromatic rings. The molecular weight excluding hydrogens is 291 g/mol. The average Bonchev–Trinajstić information content (AvgIpc) is 2.46. The van der Waals surface area contributed by atoms with Gasteiger partial charge in [0.1, 0.15) is 6.10 Å². The van der Waals surface area contributed by atoms with Crippen molar-refractivity contribution in [2.75, 3.05) is 19.4 Å². The molecule has 0 bridgehead atoms. The predicted octanol–water partition coefficient (Wildman–Crippen LogP) is 3.46. The normalized spacial score (nSPS) is 15.8. The maximum absolute atomic E-state index is 11.6. The van der Waals surface area contributed by atoms with Crippen molar-refractivity contribution in [2.45, 2.75) is 77.2 Å². The second-order valence-electron chi connectivity index (χ2n) is 5.68. The van der Waals surface area contributed by atoms with Gasteiger partial charge < -0.3 is 19.6 Å². The Morgan fingerprint density at radius 3 is 1.90 bits per heavy atom. The highest BCUT2D eigenvalue weighted by molar-refractivity contribution is 7.52. The Kier molecular flexibility index (Phi) is 13.8. The fourth-order valence-corrected chi connectivity index (χ4v) is 3.28. The largest absolute Gasteiger partial charge is 0.394 e. The van der Waals surface area contributed by atoms with E-state index in [0.717, 1.165) is 12.8 Å². The minimum absolute atomic E-state index is 0.127. The van der Waals surface area contributed by atoms with Gasteiger partial charge in [0.2, 0.25) is 0 Å². The van der Waals surface area contributed by atoms with E-state index < -0.39 is 20.3 Å². The van der Waals surface area contributed by atoms with Gasteiger partial charge in [-0.15, -0.1) is 0 Å². The van der Waals surface area contributed by atoms with Crippen LogP contribution < -0.4 is 0 Å². The van der Waals surface area contributed by atoms with Crippen molar-refractivity contribution in [1.82, 2.24) is 0 Å². The summed E-state index contributed by atoms with van der Waals surface area (Å²) in [6, 6.07) is 0. The van der Waals surface area contributed by atoms with E-state index in [1.54, 1.807) is 0 Å². The van der Waals surface area contributed by atoms with Gasteiger partial charge >= 0.3 is 7.60 Å². The third-order valence-corrected chi connectivity index (χ3v) is 4.91. The van der Waals surface area contributed by atoms with E-state index in [1.807, 2.05) is 0 Å². The van der Waals surface area contributed by atoms with Gasteiger partial charge in [-0.1, -0.05) is 64.7 Å². The zero-order valence-corrected chi connectivity index (χ0v) is 14.3. The van der Waals surface area contributed by atoms with Crippen LogP contribution in [0.2, 0.25) is 0 Å². The first-order valence-electron chi connectivity index (χ1n) is 8.27. The summed E-state index contributed by atoms with van der Waals surface area (Å²) in [5.41, 5.74) is 0. The summed E-state index contributed by atoms with van der Waals surface area (Å²) in [6.45, 7) is 1.47. The Morgan fingerprint density at radius 2 is 1.43 bits per heavy atom. The van der Waals surface area contributed by atoms with Crippen LogP contribution in [-0.4, -0.2) is 40.6 Å². The average molecular weight is 324 g/mol. The second-order valence-corrected chi connectivity index (χ2v) is 7.66. The van der Waals surface area contributed by atoms with Crippen molar-refractivity contribution in [3.63, 3.8) is 0 Å². The smallest absolute Gasteiger partial charge is 0.328 e. The van der Waals surface area contributed by atoms with Crippen molar-refractivity contribution >= 4 is 7.60 Å². The highest BCUT2D eigenvalue weighted by Crippen LogP contribution is 2.42. The van der Waals surface area contributed by atoms with Crippen LogP contribution in [0.1, 0.15) is 71.1 Å². The zero-order chi connectivity index (χ0) is 16.0. The summed E-state index contributed by atoms with van der Waals surface area (Å²) in [5, 5.41) is 17.7. The molecule has 0 aromatic carbocycles. The van der Waals surface area contributed by atoms with Crippen LogP contribution in [0.3, 0.4) is 0 Å². The Balaban J connectivity index is 3.38. The lowest BCUT2D eigenvalue weighted by molar-refractivity contribution is 0.0496. The fraction of sp³-hybridized carbons (Fsp3) is 1.00. The number of aliphatic hydroxyl groups excluding tert-OH is 2. The van der Waals surface area contributed by atoms with Crippen LogP contribution in [0.15, 0.2) is 0 Å². The van der Waals surface area contributed by atoms with E-state index in [9.17, 15) is 9.46 Å². The summed E-state index contributed by atoms with van der Waals surface area (Å²) in [5.74, 6) is 0. The van der Waals surface area contributed by atoms with Gasteiger partial charge in [0, 0.05) is 6.16 Å². The number of unbranched alkanes of at least 4 members (excludes halogenated alkanes) is 9. The van der Waals surface area contributed by atoms with Crippen molar-refractivity contribution in [3.05, 3.63) is 0 Å². The molecule has 0 aliphatic carbocycles. The molecule has 0 aromatic heterocycles. The first kappa shape index (κ1) is 21.1. The molecule has 0 aliphatic rings. The SMILES string of the molecule is CCCCCCCCCCCCP(=O)(O)OCC(O)CO. The van der Waals surface area contributed by atoms with E-state index in [-0.39, 0.29) is 12.8 Å². The van der Waals surface area contributed by atoms with Crippen LogP contribution >= 0.6 is 7.60 Å². The quantitative estimate of drug-likeness (QED) is 0.317. The summed E-state index contributed by atoms with van der Waals surface area (Å²) in [6.07, 6.45) is 10.7. The van der Waals surface area contributed by atoms with Gasteiger partial charge in [-0.05, 0) is 6.42 Å². The lowest BCUT2D eigenvalue weighted by Crippen LogP contribution is -2.18. The Morgan fingerprint density at radius 1 is 0.952 bits per heavy atom. The van der Waals surface area contributed by atoms with Crippen LogP contribution in [0.5, 0.6) is 0 Å². The lowest BCUT2D eigenvalue weighted by atomic mass is 10.1. The molecule has 21 heavy (non-hydrogen) atoms. The minimum atomic E-state index is -3.60. The molecule has 0 heterocycles. The lowest BCUT2D eigenvalue weighted by Gasteiger charge is -2.14. The maximum atomic E-state index is 11.6. The monoisotopic (exact) mass is 324 g/mol. The van der Waals surface area contributed by atoms with E-state index in [0.29, 0.717) is 6.42 Å². The van der Waals surface area contributed by atoms with E-state index in [2.05, 4.69) is 6.92 Å². The minimum Gasteiger partial charge on any atom is -0.394 e. The first-order chi connectivity index (χ1) is 10.0. The van der Waals surface area contributed by atoms with E-state index in [1.165, 1.54) is 44.9 Å². The Hall–Kier alpha value is 0.0700. The third kappa shape index (κ3) is 14.8. The number of hydrogen-bond donors (Lipinski definition) is 3. The fourth-order valence-electron chi connectivity index (χ4n) is 2.12. The molecule has 0 rings (SSSR count). The molecule has 0 saturated heterocycles. The summed E-state index contributed by atoms with van der Waals surface area (Å²) in [7, 11) is -3.60. The predicted molar refractivity (Wildman–Crippen MR) is 85.6 cm³/mol. The molecule has 3 N–H and O–H groups in total. The van der Waals surface area contributed by atoms with Gasteiger partial charge in [0.25, 0.3) is 0 Å². The standard InChI is InChI=1S/C15H33O5P/c1-2-3-4-5-6-7-8-9-10-11-12-21(18,19)20-14-15(17)13-16/h15-17H,2-14H2,1H3,(H,18,19). The van der Waals surface area contributed by atoms with Gasteiger partial charge in [-0.25, -0.2) is 0 Å². The highest BCUT2D eigenvalue weighted by atomic mass is 31.2. The summed E-state index contributed by atoms with van der Waals surface area (Å²) >= 11 is 0. The molecule has 128 valence electrons.